The SMILES string of the molecule is CCS(=O)(=O)c1ccc(Cl)cc1CNC(=O)c1cc(Cl)c(CN2CCC[C@H](NS(=O)(=O)CCNC(=O)O)C2)c(C(F)(F)F)c1. The van der Waals surface area contributed by atoms with Crippen molar-refractivity contribution in [2.24, 2.45) is 0 Å². The number of sulfonamides is 1. The molecule has 2 aromatic carbocycles. The summed E-state index contributed by atoms with van der Waals surface area (Å²) in [5.41, 5.74) is -1.67. The van der Waals surface area contributed by atoms with Crippen molar-refractivity contribution in [1.82, 2.24) is 20.3 Å². The van der Waals surface area contributed by atoms with Crippen molar-refractivity contribution in [3.05, 3.63) is 62.6 Å². The van der Waals surface area contributed by atoms with Gasteiger partial charge in [0.05, 0.1) is 22.0 Å². The Morgan fingerprint density at radius 3 is 2.43 bits per heavy atom. The second-order valence-electron chi connectivity index (χ2n) is 10.1. The molecule has 2 amide bonds. The third-order valence-corrected chi connectivity index (χ3v) is 10.7. The normalized spacial score (nSPS) is 16.5. The summed E-state index contributed by atoms with van der Waals surface area (Å²) in [6.07, 6.45) is -5.37. The number of likely N-dealkylation sites (tertiary alicyclic amines) is 1. The highest BCUT2D eigenvalue weighted by Gasteiger charge is 2.36. The summed E-state index contributed by atoms with van der Waals surface area (Å²) in [5, 5.41) is 12.9. The number of carbonyl (C=O) groups excluding carboxylic acids is 1. The van der Waals surface area contributed by atoms with Crippen LogP contribution in [0.1, 0.15) is 46.8 Å². The summed E-state index contributed by atoms with van der Waals surface area (Å²) in [6, 6.07) is 5.15. The van der Waals surface area contributed by atoms with Crippen molar-refractivity contribution in [2.45, 2.75) is 50.0 Å². The van der Waals surface area contributed by atoms with E-state index in [0.717, 1.165) is 6.07 Å². The van der Waals surface area contributed by atoms with Crippen LogP contribution in [0.4, 0.5) is 18.0 Å². The average molecular weight is 704 g/mol. The Morgan fingerprint density at radius 1 is 1.09 bits per heavy atom. The van der Waals surface area contributed by atoms with Crippen molar-refractivity contribution in [3.8, 4) is 0 Å². The van der Waals surface area contributed by atoms with Crippen LogP contribution in [-0.4, -0.2) is 76.0 Å². The Hall–Kier alpha value is -2.63. The molecule has 0 aromatic heterocycles. The molecule has 244 valence electrons. The molecule has 0 saturated carbocycles. The third kappa shape index (κ3) is 9.94. The van der Waals surface area contributed by atoms with E-state index in [9.17, 15) is 39.6 Å². The number of carbonyl (C=O) groups is 2. The van der Waals surface area contributed by atoms with Crippen LogP contribution in [0.2, 0.25) is 10.0 Å². The van der Waals surface area contributed by atoms with Crippen LogP contribution >= 0.6 is 23.2 Å². The maximum Gasteiger partial charge on any atom is 0.416 e. The van der Waals surface area contributed by atoms with E-state index in [1.807, 2.05) is 5.32 Å². The van der Waals surface area contributed by atoms with Gasteiger partial charge in [-0.1, -0.05) is 30.1 Å². The first-order chi connectivity index (χ1) is 20.4. The first-order valence-corrected chi connectivity index (χ1v) is 17.4. The summed E-state index contributed by atoms with van der Waals surface area (Å²) < 4.78 is 94.6. The molecular formula is C26H31Cl2F3N4O7S2. The van der Waals surface area contributed by atoms with Gasteiger partial charge in [0.2, 0.25) is 10.0 Å². The molecule has 1 aliphatic rings. The number of piperidine rings is 1. The van der Waals surface area contributed by atoms with Gasteiger partial charge in [-0.3, -0.25) is 9.69 Å². The van der Waals surface area contributed by atoms with Crippen LogP contribution in [0.15, 0.2) is 35.2 Å². The molecule has 44 heavy (non-hydrogen) atoms. The molecule has 3 rings (SSSR count). The van der Waals surface area contributed by atoms with E-state index < -0.39 is 61.0 Å². The first-order valence-electron chi connectivity index (χ1n) is 13.3. The van der Waals surface area contributed by atoms with E-state index in [1.54, 1.807) is 4.90 Å². The molecule has 1 aliphatic heterocycles. The molecular weight excluding hydrogens is 672 g/mol. The van der Waals surface area contributed by atoms with Crippen LogP contribution in [0.5, 0.6) is 0 Å². The molecule has 1 atom stereocenters. The minimum Gasteiger partial charge on any atom is -0.465 e. The van der Waals surface area contributed by atoms with Crippen LogP contribution < -0.4 is 15.4 Å². The Balaban J connectivity index is 1.78. The van der Waals surface area contributed by atoms with Crippen molar-refractivity contribution < 1.29 is 44.7 Å². The molecule has 0 aliphatic carbocycles. The van der Waals surface area contributed by atoms with E-state index in [0.29, 0.717) is 25.5 Å². The minimum absolute atomic E-state index is 0.0619. The van der Waals surface area contributed by atoms with Gasteiger partial charge in [-0.25, -0.2) is 26.4 Å². The molecule has 1 fully saturated rings. The summed E-state index contributed by atoms with van der Waals surface area (Å²) in [4.78, 5) is 25.0. The van der Waals surface area contributed by atoms with E-state index in [4.69, 9.17) is 28.3 Å². The molecule has 1 heterocycles. The third-order valence-electron chi connectivity index (χ3n) is 6.82. The zero-order chi connectivity index (χ0) is 32.9. The fourth-order valence-electron chi connectivity index (χ4n) is 4.73. The summed E-state index contributed by atoms with van der Waals surface area (Å²) in [6.45, 7) is 0.937. The van der Waals surface area contributed by atoms with Crippen LogP contribution in [0.25, 0.3) is 0 Å². The fourth-order valence-corrected chi connectivity index (χ4v) is 7.51. The number of carboxylic acid groups (broad SMARTS) is 1. The molecule has 0 radical (unpaired) electrons. The number of benzene rings is 2. The second kappa shape index (κ2) is 14.6. The van der Waals surface area contributed by atoms with Crippen molar-refractivity contribution in [2.75, 3.05) is 31.1 Å². The number of halogens is 5. The lowest BCUT2D eigenvalue weighted by Gasteiger charge is -2.33. The largest absolute Gasteiger partial charge is 0.465 e. The quantitative estimate of drug-likeness (QED) is 0.259. The lowest BCUT2D eigenvalue weighted by atomic mass is 10.00. The second-order valence-corrected chi connectivity index (χ2v) is 15.0. The highest BCUT2D eigenvalue weighted by Crippen LogP contribution is 2.37. The van der Waals surface area contributed by atoms with Gasteiger partial charge in [-0.15, -0.1) is 0 Å². The molecule has 0 unspecified atom stereocenters. The Labute approximate surface area is 263 Å². The van der Waals surface area contributed by atoms with Crippen LogP contribution in [-0.2, 0) is 39.1 Å². The van der Waals surface area contributed by atoms with Gasteiger partial charge >= 0.3 is 12.3 Å². The topological polar surface area (TPSA) is 162 Å². The minimum atomic E-state index is -4.89. The molecule has 11 nitrogen and oxygen atoms in total. The predicted molar refractivity (Wildman–Crippen MR) is 158 cm³/mol. The van der Waals surface area contributed by atoms with Crippen LogP contribution in [0.3, 0.4) is 0 Å². The Morgan fingerprint density at radius 2 is 1.80 bits per heavy atom. The van der Waals surface area contributed by atoms with Gasteiger partial charge < -0.3 is 15.7 Å². The zero-order valence-electron chi connectivity index (χ0n) is 23.4. The summed E-state index contributed by atoms with van der Waals surface area (Å²) in [7, 11) is -7.54. The van der Waals surface area contributed by atoms with Gasteiger partial charge in [0.25, 0.3) is 5.91 Å². The number of rotatable bonds is 12. The number of amides is 2. The van der Waals surface area contributed by atoms with Crippen molar-refractivity contribution in [1.29, 1.82) is 0 Å². The number of sulfone groups is 1. The highest BCUT2D eigenvalue weighted by atomic mass is 35.5. The summed E-state index contributed by atoms with van der Waals surface area (Å²) >= 11 is 12.3. The molecule has 0 spiro atoms. The number of nitrogens with one attached hydrogen (secondary N) is 3. The highest BCUT2D eigenvalue weighted by molar-refractivity contribution is 7.91. The van der Waals surface area contributed by atoms with Gasteiger partial charge in [0.1, 0.15) is 0 Å². The number of alkyl halides is 3. The Bertz CT molecular complexity index is 1610. The van der Waals surface area contributed by atoms with Crippen molar-refractivity contribution >= 4 is 55.1 Å². The lowest BCUT2D eigenvalue weighted by Crippen LogP contribution is -2.48. The lowest BCUT2D eigenvalue weighted by molar-refractivity contribution is -0.138. The molecule has 0 bridgehead atoms. The standard InChI is InChI=1S/C26H31Cl2F3N4O7S2/c1-2-43(39,40)23-6-5-18(27)10-17(23)13-33-24(36)16-11-21(26(29,30)31)20(22(28)12-16)15-35-8-3-4-19(14-35)34-44(41,42)9-7-32-25(37)38/h5-6,10-12,19,32,34H,2-4,7-9,13-15H2,1H3,(H,33,36)(H,37,38)/t19-/m0/s1. The molecule has 1 saturated heterocycles. The van der Waals surface area contributed by atoms with E-state index in [1.165, 1.54) is 25.1 Å². The maximum atomic E-state index is 14.2. The van der Waals surface area contributed by atoms with E-state index in [-0.39, 0.29) is 58.0 Å². The molecule has 2 aromatic rings. The molecule has 18 heteroatoms. The van der Waals surface area contributed by atoms with Gasteiger partial charge in [0.15, 0.2) is 9.84 Å². The fraction of sp³-hybridized carbons (Fsp3) is 0.462. The number of hydrogen-bond acceptors (Lipinski definition) is 7. The predicted octanol–water partition coefficient (Wildman–Crippen LogP) is 3.89. The van der Waals surface area contributed by atoms with Gasteiger partial charge in [-0.2, -0.15) is 13.2 Å². The summed E-state index contributed by atoms with van der Waals surface area (Å²) in [5.74, 6) is -1.64. The first kappa shape index (κ1) is 35.8. The number of nitrogens with zero attached hydrogens (tertiary/aromatic N) is 1. The van der Waals surface area contributed by atoms with Crippen molar-refractivity contribution in [3.63, 3.8) is 0 Å². The average Bonchev–Trinajstić information content (AvgIpc) is 2.91. The van der Waals surface area contributed by atoms with Crippen LogP contribution in [0, 0.1) is 0 Å². The maximum absolute atomic E-state index is 14.2. The monoisotopic (exact) mass is 702 g/mol. The van der Waals surface area contributed by atoms with Gasteiger partial charge in [-0.05, 0) is 60.8 Å². The van der Waals surface area contributed by atoms with E-state index >= 15 is 0 Å². The molecule has 4 N–H and O–H groups in total. The smallest absolute Gasteiger partial charge is 0.416 e. The van der Waals surface area contributed by atoms with Gasteiger partial charge in [0, 0.05) is 47.8 Å². The Kier molecular flexibility index (Phi) is 11.9. The zero-order valence-corrected chi connectivity index (χ0v) is 26.5. The number of hydrogen-bond donors (Lipinski definition) is 4. The van der Waals surface area contributed by atoms with E-state index in [2.05, 4.69) is 10.0 Å².